The zero-order chi connectivity index (χ0) is 12.4. The van der Waals surface area contributed by atoms with Gasteiger partial charge in [0, 0.05) is 5.56 Å². The number of nitrogens with one attached hydrogen (secondary N) is 1. The molecule has 0 saturated heterocycles. The SMILES string of the molecule is Cc1coc(Sc2nc(C)nc(NN)c2C)n1. The second-order valence-corrected chi connectivity index (χ2v) is 4.49. The second kappa shape index (κ2) is 4.72. The highest BCUT2D eigenvalue weighted by Crippen LogP contribution is 2.30. The van der Waals surface area contributed by atoms with Crippen LogP contribution in [0.25, 0.3) is 0 Å². The smallest absolute Gasteiger partial charge is 0.262 e. The van der Waals surface area contributed by atoms with Crippen LogP contribution in [0.2, 0.25) is 0 Å². The van der Waals surface area contributed by atoms with E-state index in [0.717, 1.165) is 16.3 Å². The zero-order valence-corrected chi connectivity index (χ0v) is 10.6. The topological polar surface area (TPSA) is 89.9 Å². The van der Waals surface area contributed by atoms with Crippen LogP contribution in [0.5, 0.6) is 0 Å². The lowest BCUT2D eigenvalue weighted by Crippen LogP contribution is -2.12. The van der Waals surface area contributed by atoms with Gasteiger partial charge in [-0.05, 0) is 32.5 Å². The molecule has 3 N–H and O–H groups in total. The molecule has 2 rings (SSSR count). The Kier molecular flexibility index (Phi) is 3.30. The molecule has 0 spiro atoms. The van der Waals surface area contributed by atoms with Crippen molar-refractivity contribution in [1.29, 1.82) is 0 Å². The summed E-state index contributed by atoms with van der Waals surface area (Å²) in [6.45, 7) is 5.58. The first-order chi connectivity index (χ1) is 8.10. The molecule has 0 atom stereocenters. The van der Waals surface area contributed by atoms with Crippen molar-refractivity contribution in [2.45, 2.75) is 31.0 Å². The summed E-state index contributed by atoms with van der Waals surface area (Å²) in [6.07, 6.45) is 1.60. The van der Waals surface area contributed by atoms with Gasteiger partial charge >= 0.3 is 0 Å². The van der Waals surface area contributed by atoms with Crippen LogP contribution < -0.4 is 11.3 Å². The number of nitrogen functional groups attached to an aromatic ring is 1. The molecule has 2 aromatic heterocycles. The molecule has 0 fully saturated rings. The fourth-order valence-corrected chi connectivity index (χ4v) is 2.18. The Hall–Kier alpha value is -1.60. The molecule has 0 radical (unpaired) electrons. The van der Waals surface area contributed by atoms with Gasteiger partial charge < -0.3 is 9.84 Å². The van der Waals surface area contributed by atoms with Gasteiger partial charge in [-0.3, -0.25) is 0 Å². The first-order valence-corrected chi connectivity index (χ1v) is 5.83. The monoisotopic (exact) mass is 251 g/mol. The molecular weight excluding hydrogens is 238 g/mol. The molecule has 2 aromatic rings. The van der Waals surface area contributed by atoms with E-state index in [1.807, 2.05) is 20.8 Å². The van der Waals surface area contributed by atoms with Crippen molar-refractivity contribution < 1.29 is 4.42 Å². The Morgan fingerprint density at radius 1 is 1.24 bits per heavy atom. The van der Waals surface area contributed by atoms with E-state index < -0.39 is 0 Å². The fourth-order valence-electron chi connectivity index (χ4n) is 1.30. The number of oxazole rings is 1. The molecule has 7 heteroatoms. The molecule has 0 saturated carbocycles. The van der Waals surface area contributed by atoms with E-state index >= 15 is 0 Å². The third kappa shape index (κ3) is 2.56. The van der Waals surface area contributed by atoms with Gasteiger partial charge in [-0.15, -0.1) is 0 Å². The standard InChI is InChI=1S/C10H13N5OS/c1-5-4-16-10(12-5)17-9-6(2)8(15-11)13-7(3)14-9/h4H,11H2,1-3H3,(H,13,14,15). The number of hydrogen-bond donors (Lipinski definition) is 2. The lowest BCUT2D eigenvalue weighted by Gasteiger charge is -2.08. The van der Waals surface area contributed by atoms with Gasteiger partial charge in [-0.1, -0.05) is 0 Å². The number of rotatable bonds is 3. The molecule has 0 aliphatic heterocycles. The number of nitrogens with zero attached hydrogens (tertiary/aromatic N) is 3. The lowest BCUT2D eigenvalue weighted by molar-refractivity contribution is 0.453. The van der Waals surface area contributed by atoms with E-state index in [2.05, 4.69) is 20.4 Å². The van der Waals surface area contributed by atoms with Crippen LogP contribution in [0.15, 0.2) is 20.9 Å². The largest absolute Gasteiger partial charge is 0.439 e. The zero-order valence-electron chi connectivity index (χ0n) is 9.81. The fraction of sp³-hybridized carbons (Fsp3) is 0.300. The quantitative estimate of drug-likeness (QED) is 0.488. The van der Waals surface area contributed by atoms with Gasteiger partial charge in [-0.25, -0.2) is 20.8 Å². The van der Waals surface area contributed by atoms with Gasteiger partial charge in [0.25, 0.3) is 5.22 Å². The Morgan fingerprint density at radius 3 is 2.59 bits per heavy atom. The first-order valence-electron chi connectivity index (χ1n) is 5.02. The van der Waals surface area contributed by atoms with Crippen LogP contribution in [0.1, 0.15) is 17.1 Å². The molecule has 0 bridgehead atoms. The number of hydrazine groups is 1. The number of nitrogens with two attached hydrogens (primary N) is 1. The van der Waals surface area contributed by atoms with Crippen LogP contribution in [-0.2, 0) is 0 Å². The molecule has 2 heterocycles. The van der Waals surface area contributed by atoms with Crippen LogP contribution >= 0.6 is 11.8 Å². The van der Waals surface area contributed by atoms with Crippen molar-refractivity contribution in [2.75, 3.05) is 5.43 Å². The van der Waals surface area contributed by atoms with Gasteiger partial charge in [0.1, 0.15) is 22.9 Å². The van der Waals surface area contributed by atoms with Crippen molar-refractivity contribution in [2.24, 2.45) is 5.84 Å². The molecule has 0 aliphatic carbocycles. The summed E-state index contributed by atoms with van der Waals surface area (Å²) in [6, 6.07) is 0. The number of aryl methyl sites for hydroxylation is 2. The first kappa shape index (κ1) is 11.9. The predicted molar refractivity (Wildman–Crippen MR) is 64.7 cm³/mol. The van der Waals surface area contributed by atoms with Gasteiger partial charge in [0.2, 0.25) is 0 Å². The summed E-state index contributed by atoms with van der Waals surface area (Å²) in [5, 5.41) is 1.35. The maximum atomic E-state index is 5.40. The van der Waals surface area contributed by atoms with Crippen molar-refractivity contribution in [3.8, 4) is 0 Å². The average molecular weight is 251 g/mol. The highest BCUT2D eigenvalue weighted by Gasteiger charge is 2.12. The van der Waals surface area contributed by atoms with Gasteiger partial charge in [0.05, 0.1) is 5.69 Å². The molecule has 6 nitrogen and oxygen atoms in total. The molecule has 90 valence electrons. The molecule has 0 amide bonds. The van der Waals surface area contributed by atoms with E-state index in [1.54, 1.807) is 6.26 Å². The predicted octanol–water partition coefficient (Wildman–Crippen LogP) is 1.83. The van der Waals surface area contributed by atoms with Crippen LogP contribution in [0.3, 0.4) is 0 Å². The van der Waals surface area contributed by atoms with E-state index in [4.69, 9.17) is 10.3 Å². The summed E-state index contributed by atoms with van der Waals surface area (Å²) in [5.41, 5.74) is 4.27. The summed E-state index contributed by atoms with van der Waals surface area (Å²) in [7, 11) is 0. The third-order valence-corrected chi connectivity index (χ3v) is 3.08. The van der Waals surface area contributed by atoms with E-state index in [9.17, 15) is 0 Å². The van der Waals surface area contributed by atoms with Crippen LogP contribution in [-0.4, -0.2) is 15.0 Å². The summed E-state index contributed by atoms with van der Waals surface area (Å²) in [5.74, 6) is 6.66. The Bertz CT molecular complexity index is 539. The minimum atomic E-state index is 0.562. The summed E-state index contributed by atoms with van der Waals surface area (Å²) < 4.78 is 5.28. The van der Waals surface area contributed by atoms with E-state index in [0.29, 0.717) is 16.9 Å². The minimum absolute atomic E-state index is 0.562. The van der Waals surface area contributed by atoms with Crippen LogP contribution in [0, 0.1) is 20.8 Å². The van der Waals surface area contributed by atoms with Crippen molar-refractivity contribution >= 4 is 17.6 Å². The second-order valence-electron chi connectivity index (χ2n) is 3.55. The molecular formula is C10H13N5OS. The van der Waals surface area contributed by atoms with Crippen molar-refractivity contribution in [3.05, 3.63) is 23.3 Å². The molecule has 0 aromatic carbocycles. The molecule has 17 heavy (non-hydrogen) atoms. The number of anilines is 1. The summed E-state index contributed by atoms with van der Waals surface area (Å²) >= 11 is 1.35. The molecule has 0 aliphatic rings. The van der Waals surface area contributed by atoms with Gasteiger partial charge in [-0.2, -0.15) is 0 Å². The average Bonchev–Trinajstić information content (AvgIpc) is 2.69. The summed E-state index contributed by atoms with van der Waals surface area (Å²) in [4.78, 5) is 12.7. The number of hydrogen-bond acceptors (Lipinski definition) is 7. The Balaban J connectivity index is 2.35. The number of aromatic nitrogens is 3. The maximum absolute atomic E-state index is 5.40. The molecule has 0 unspecified atom stereocenters. The van der Waals surface area contributed by atoms with Crippen molar-refractivity contribution in [1.82, 2.24) is 15.0 Å². The highest BCUT2D eigenvalue weighted by molar-refractivity contribution is 7.99. The normalized spacial score (nSPS) is 10.6. The van der Waals surface area contributed by atoms with Crippen LogP contribution in [0.4, 0.5) is 5.82 Å². The highest BCUT2D eigenvalue weighted by atomic mass is 32.2. The van der Waals surface area contributed by atoms with Crippen molar-refractivity contribution in [3.63, 3.8) is 0 Å². The Labute approximate surface area is 103 Å². The lowest BCUT2D eigenvalue weighted by atomic mass is 10.3. The third-order valence-electron chi connectivity index (χ3n) is 2.13. The minimum Gasteiger partial charge on any atom is -0.439 e. The maximum Gasteiger partial charge on any atom is 0.262 e. The van der Waals surface area contributed by atoms with E-state index in [-0.39, 0.29) is 0 Å². The van der Waals surface area contributed by atoms with E-state index in [1.165, 1.54) is 11.8 Å². The Morgan fingerprint density at radius 2 is 2.00 bits per heavy atom. The van der Waals surface area contributed by atoms with Gasteiger partial charge in [0.15, 0.2) is 0 Å².